The van der Waals surface area contributed by atoms with Crippen molar-refractivity contribution < 1.29 is 13.2 Å². The van der Waals surface area contributed by atoms with E-state index in [-0.39, 0.29) is 5.65 Å². The number of rotatable bonds is 1. The van der Waals surface area contributed by atoms with Gasteiger partial charge in [0, 0.05) is 12.4 Å². The molecular weight excluding hydrogens is 245 g/mol. The highest BCUT2D eigenvalue weighted by atomic mass is 19.4. The van der Waals surface area contributed by atoms with Gasteiger partial charge in [-0.3, -0.25) is 4.98 Å². The van der Waals surface area contributed by atoms with E-state index in [1.165, 1.54) is 10.6 Å². The smallest absolute Gasteiger partial charge is 0.320 e. The van der Waals surface area contributed by atoms with E-state index in [1.807, 2.05) is 0 Å². The summed E-state index contributed by atoms with van der Waals surface area (Å²) < 4.78 is 39.2. The van der Waals surface area contributed by atoms with Gasteiger partial charge in [0.15, 0.2) is 11.3 Å². The van der Waals surface area contributed by atoms with E-state index >= 15 is 0 Å². The molecule has 98 valence electrons. The number of nitrogens with two attached hydrogens (primary N) is 1. The van der Waals surface area contributed by atoms with Gasteiger partial charge in [0.2, 0.25) is 0 Å². The third-order valence-electron chi connectivity index (χ3n) is 2.46. The molecule has 0 saturated heterocycles. The van der Waals surface area contributed by atoms with Crippen LogP contribution in [0.1, 0.15) is 30.9 Å². The SMILES string of the molecule is Cc1cn2cc(C(F)(F)F)nc2c(C(C)(C)N)n1. The zero-order valence-corrected chi connectivity index (χ0v) is 10.2. The van der Waals surface area contributed by atoms with Gasteiger partial charge in [-0.05, 0) is 20.8 Å². The maximum atomic E-state index is 12.6. The van der Waals surface area contributed by atoms with Crippen LogP contribution in [-0.4, -0.2) is 14.4 Å². The number of aryl methyl sites for hydroxylation is 1. The van der Waals surface area contributed by atoms with E-state index in [4.69, 9.17) is 5.73 Å². The number of nitrogens with zero attached hydrogens (tertiary/aromatic N) is 3. The van der Waals surface area contributed by atoms with Crippen molar-refractivity contribution in [3.63, 3.8) is 0 Å². The Bertz CT molecular complexity index is 593. The molecule has 2 aromatic rings. The van der Waals surface area contributed by atoms with Gasteiger partial charge in [0.1, 0.15) is 5.69 Å². The molecule has 0 aliphatic rings. The molecule has 2 aromatic heterocycles. The van der Waals surface area contributed by atoms with Gasteiger partial charge in [-0.25, -0.2) is 4.98 Å². The third kappa shape index (κ3) is 2.17. The highest BCUT2D eigenvalue weighted by molar-refractivity contribution is 5.49. The van der Waals surface area contributed by atoms with Gasteiger partial charge in [-0.2, -0.15) is 13.2 Å². The van der Waals surface area contributed by atoms with Crippen molar-refractivity contribution >= 4 is 5.65 Å². The van der Waals surface area contributed by atoms with Crippen LogP contribution in [0.15, 0.2) is 12.4 Å². The van der Waals surface area contributed by atoms with Crippen LogP contribution in [-0.2, 0) is 11.7 Å². The van der Waals surface area contributed by atoms with Crippen LogP contribution in [0, 0.1) is 6.92 Å². The van der Waals surface area contributed by atoms with Crippen molar-refractivity contribution in [2.24, 2.45) is 5.73 Å². The molecule has 18 heavy (non-hydrogen) atoms. The van der Waals surface area contributed by atoms with E-state index in [1.54, 1.807) is 20.8 Å². The molecule has 0 spiro atoms. The Labute approximate surface area is 102 Å². The molecule has 0 atom stereocenters. The summed E-state index contributed by atoms with van der Waals surface area (Å²) >= 11 is 0. The lowest BCUT2D eigenvalue weighted by atomic mass is 10.0. The number of imidazole rings is 1. The summed E-state index contributed by atoms with van der Waals surface area (Å²) in [6, 6.07) is 0. The van der Waals surface area contributed by atoms with Crippen LogP contribution in [0.3, 0.4) is 0 Å². The summed E-state index contributed by atoms with van der Waals surface area (Å²) in [7, 11) is 0. The first-order valence-electron chi connectivity index (χ1n) is 5.32. The van der Waals surface area contributed by atoms with Gasteiger partial charge < -0.3 is 10.1 Å². The molecular formula is C11H13F3N4. The second-order valence-corrected chi connectivity index (χ2v) is 4.81. The van der Waals surface area contributed by atoms with E-state index in [2.05, 4.69) is 9.97 Å². The van der Waals surface area contributed by atoms with Crippen molar-refractivity contribution in [3.05, 3.63) is 29.5 Å². The molecule has 0 aliphatic carbocycles. The maximum Gasteiger partial charge on any atom is 0.434 e. The Morgan fingerprint density at radius 3 is 2.28 bits per heavy atom. The van der Waals surface area contributed by atoms with Crippen LogP contribution < -0.4 is 5.73 Å². The van der Waals surface area contributed by atoms with Crippen molar-refractivity contribution in [2.75, 3.05) is 0 Å². The Morgan fingerprint density at radius 1 is 1.17 bits per heavy atom. The Balaban J connectivity index is 2.76. The summed E-state index contributed by atoms with van der Waals surface area (Å²) in [4.78, 5) is 7.78. The summed E-state index contributed by atoms with van der Waals surface area (Å²) in [5.41, 5.74) is 5.18. The molecule has 0 fully saturated rings. The maximum absolute atomic E-state index is 12.6. The summed E-state index contributed by atoms with van der Waals surface area (Å²) in [6.45, 7) is 5.05. The van der Waals surface area contributed by atoms with Crippen molar-refractivity contribution in [1.29, 1.82) is 0 Å². The predicted molar refractivity (Wildman–Crippen MR) is 59.9 cm³/mol. The second-order valence-electron chi connectivity index (χ2n) is 4.81. The first kappa shape index (κ1) is 12.8. The number of aromatic nitrogens is 3. The lowest BCUT2D eigenvalue weighted by molar-refractivity contribution is -0.140. The van der Waals surface area contributed by atoms with E-state index in [9.17, 15) is 13.2 Å². The fourth-order valence-electron chi connectivity index (χ4n) is 1.69. The van der Waals surface area contributed by atoms with Crippen molar-refractivity contribution in [3.8, 4) is 0 Å². The zero-order valence-electron chi connectivity index (χ0n) is 10.2. The molecule has 0 bridgehead atoms. The number of halogens is 3. The Morgan fingerprint density at radius 2 is 1.78 bits per heavy atom. The third-order valence-corrected chi connectivity index (χ3v) is 2.46. The van der Waals surface area contributed by atoms with Crippen LogP contribution in [0.25, 0.3) is 5.65 Å². The monoisotopic (exact) mass is 258 g/mol. The van der Waals surface area contributed by atoms with Gasteiger partial charge in [-0.1, -0.05) is 0 Å². The summed E-state index contributed by atoms with van der Waals surface area (Å²) in [5, 5.41) is 0. The van der Waals surface area contributed by atoms with Crippen LogP contribution in [0.4, 0.5) is 13.2 Å². The van der Waals surface area contributed by atoms with E-state index in [0.29, 0.717) is 11.4 Å². The van der Waals surface area contributed by atoms with Gasteiger partial charge >= 0.3 is 6.18 Å². The Kier molecular flexibility index (Phi) is 2.62. The number of alkyl halides is 3. The topological polar surface area (TPSA) is 56.2 Å². The number of hydrogen-bond acceptors (Lipinski definition) is 3. The normalized spacial score (nSPS) is 13.3. The average molecular weight is 258 g/mol. The number of hydrogen-bond donors (Lipinski definition) is 1. The lowest BCUT2D eigenvalue weighted by Gasteiger charge is -2.18. The Hall–Kier alpha value is -1.63. The van der Waals surface area contributed by atoms with Crippen LogP contribution in [0.5, 0.6) is 0 Å². The molecule has 2 rings (SSSR count). The first-order valence-corrected chi connectivity index (χ1v) is 5.32. The van der Waals surface area contributed by atoms with Crippen molar-refractivity contribution in [2.45, 2.75) is 32.5 Å². The standard InChI is InChI=1S/C11H13F3N4/c1-6-4-18-5-7(11(12,13)14)17-9(18)8(16-6)10(2,3)15/h4-5H,15H2,1-3H3. The van der Waals surface area contributed by atoms with Gasteiger partial charge in [0.05, 0.1) is 11.2 Å². The quantitative estimate of drug-likeness (QED) is 0.853. The van der Waals surface area contributed by atoms with E-state index < -0.39 is 17.4 Å². The zero-order chi connectivity index (χ0) is 13.7. The van der Waals surface area contributed by atoms with Crippen molar-refractivity contribution in [1.82, 2.24) is 14.4 Å². The molecule has 2 heterocycles. The second kappa shape index (κ2) is 3.68. The summed E-state index contributed by atoms with van der Waals surface area (Å²) in [5.74, 6) is 0. The molecule has 0 amide bonds. The average Bonchev–Trinajstić information content (AvgIpc) is 2.57. The highest BCUT2D eigenvalue weighted by Gasteiger charge is 2.35. The van der Waals surface area contributed by atoms with Gasteiger partial charge in [0.25, 0.3) is 0 Å². The lowest BCUT2D eigenvalue weighted by Crippen LogP contribution is -2.31. The highest BCUT2D eigenvalue weighted by Crippen LogP contribution is 2.30. The minimum absolute atomic E-state index is 0.139. The van der Waals surface area contributed by atoms with Crippen LogP contribution in [0.2, 0.25) is 0 Å². The molecule has 0 saturated carbocycles. The molecule has 0 aliphatic heterocycles. The predicted octanol–water partition coefficient (Wildman–Crippen LogP) is 2.25. The first-order chi connectivity index (χ1) is 8.09. The summed E-state index contributed by atoms with van der Waals surface area (Å²) in [6.07, 6.45) is -2.04. The molecule has 0 unspecified atom stereocenters. The minimum atomic E-state index is -4.48. The van der Waals surface area contributed by atoms with E-state index in [0.717, 1.165) is 6.20 Å². The molecule has 0 aromatic carbocycles. The van der Waals surface area contributed by atoms with Gasteiger partial charge in [-0.15, -0.1) is 0 Å². The molecule has 0 radical (unpaired) electrons. The minimum Gasteiger partial charge on any atom is -0.320 e. The molecule has 4 nitrogen and oxygen atoms in total. The molecule has 7 heteroatoms. The number of fused-ring (bicyclic) bond motifs is 1. The molecule has 2 N–H and O–H groups in total. The fraction of sp³-hybridized carbons (Fsp3) is 0.455. The van der Waals surface area contributed by atoms with Crippen LogP contribution >= 0.6 is 0 Å². The largest absolute Gasteiger partial charge is 0.434 e. The fourth-order valence-corrected chi connectivity index (χ4v) is 1.69.